The van der Waals surface area contributed by atoms with Crippen LogP contribution in [0, 0.1) is 11.1 Å². The second kappa shape index (κ2) is 18.0. The zero-order chi connectivity index (χ0) is 34.6. The van der Waals surface area contributed by atoms with Crippen LogP contribution in [0.1, 0.15) is 74.2 Å². The molecule has 1 aliphatic rings. The fourth-order valence-electron chi connectivity index (χ4n) is 5.87. The molecule has 3 aromatic carbocycles. The third kappa shape index (κ3) is 10.4. The zero-order valence-electron chi connectivity index (χ0n) is 28.0. The molecule has 10 heteroatoms. The van der Waals surface area contributed by atoms with Gasteiger partial charge in [0.15, 0.2) is 12.5 Å². The number of nitrogens with one attached hydrogen (secondary N) is 2. The van der Waals surface area contributed by atoms with E-state index in [0.29, 0.717) is 30.3 Å². The molecule has 4 atom stereocenters. The van der Waals surface area contributed by atoms with Crippen molar-refractivity contribution in [2.45, 2.75) is 76.2 Å². The lowest BCUT2D eigenvalue weighted by Crippen LogP contribution is -2.39. The van der Waals surface area contributed by atoms with E-state index in [-0.39, 0.29) is 36.5 Å². The van der Waals surface area contributed by atoms with Crippen molar-refractivity contribution in [1.29, 1.82) is 0 Å². The molecule has 5 rings (SSSR count). The highest BCUT2D eigenvalue weighted by molar-refractivity contribution is 7.99. The van der Waals surface area contributed by atoms with Crippen molar-refractivity contribution in [2.75, 3.05) is 12.3 Å². The molecule has 0 bridgehead atoms. The molecule has 3 N–H and O–H groups in total. The Kier molecular flexibility index (Phi) is 13.2. The maximum atomic E-state index is 12.4. The van der Waals surface area contributed by atoms with E-state index in [9.17, 15) is 19.9 Å². The van der Waals surface area contributed by atoms with Gasteiger partial charge in [-0.15, -0.1) is 0 Å². The Morgan fingerprint density at radius 2 is 1.63 bits per heavy atom. The smallest absolute Gasteiger partial charge is 0.251 e. The van der Waals surface area contributed by atoms with Crippen molar-refractivity contribution >= 4 is 23.6 Å². The van der Waals surface area contributed by atoms with Crippen molar-refractivity contribution < 1.29 is 28.9 Å². The van der Waals surface area contributed by atoms with Gasteiger partial charge in [0.2, 0.25) is 11.8 Å². The van der Waals surface area contributed by atoms with Gasteiger partial charge in [-0.25, -0.2) is 0 Å². The minimum atomic E-state index is -0.639. The molecule has 258 valence electrons. The van der Waals surface area contributed by atoms with Gasteiger partial charge < -0.3 is 30.4 Å². The summed E-state index contributed by atoms with van der Waals surface area (Å²) >= 11 is 1.47. The number of nitrogens with zero attached hydrogens (tertiary/aromatic N) is 1. The van der Waals surface area contributed by atoms with Crippen LogP contribution in [0.2, 0.25) is 0 Å². The van der Waals surface area contributed by atoms with Crippen LogP contribution in [0.15, 0.2) is 102 Å². The summed E-state index contributed by atoms with van der Waals surface area (Å²) in [5, 5.41) is 28.3. The van der Waals surface area contributed by atoms with Gasteiger partial charge in [-0.1, -0.05) is 85.8 Å². The number of aromatic nitrogens is 1. The van der Waals surface area contributed by atoms with E-state index in [1.54, 1.807) is 6.07 Å². The monoisotopic (exact) mass is 683 g/mol. The van der Waals surface area contributed by atoms with Crippen LogP contribution in [0.5, 0.6) is 0 Å². The molecule has 0 radical (unpaired) electrons. The Hall–Kier alpha value is -4.22. The van der Waals surface area contributed by atoms with Crippen LogP contribution >= 0.6 is 11.8 Å². The van der Waals surface area contributed by atoms with E-state index < -0.39 is 6.29 Å². The van der Waals surface area contributed by atoms with Crippen molar-refractivity contribution in [2.24, 2.45) is 5.92 Å². The molecular weight excluding hydrogens is 639 g/mol. The number of aliphatic hydroxyl groups excluding tert-OH is 1. The van der Waals surface area contributed by atoms with Gasteiger partial charge in [0, 0.05) is 55.8 Å². The number of hydrogen-bond acceptors (Lipinski definition) is 7. The number of carbonyl (C=O) groups is 2. The van der Waals surface area contributed by atoms with Crippen molar-refractivity contribution in [3.8, 4) is 11.1 Å². The number of carbonyl (C=O) groups excluding carboxylic acids is 2. The number of rotatable bonds is 15. The number of thioether (sulfide) groups is 1. The molecule has 49 heavy (non-hydrogen) atoms. The Bertz CT molecular complexity index is 1680. The largest absolute Gasteiger partial charge is 0.618 e. The van der Waals surface area contributed by atoms with E-state index >= 15 is 0 Å². The highest BCUT2D eigenvalue weighted by atomic mass is 32.2. The average Bonchev–Trinajstić information content (AvgIpc) is 3.12. The summed E-state index contributed by atoms with van der Waals surface area (Å²) in [6.45, 7) is 4.66. The molecule has 1 saturated heterocycles. The lowest BCUT2D eigenvalue weighted by Gasteiger charge is -2.41. The molecule has 2 heterocycles. The molecule has 0 aliphatic carbocycles. The SMILES string of the molecule is CC(=O)NCCCCCC(=O)NCc1cccc(-c2cccc(C3OC(CSc4cccc[n+]4[O-])C(C)C(c4ccc(CO)cc4)O3)c2)c1. The molecule has 1 aliphatic heterocycles. The molecule has 9 nitrogen and oxygen atoms in total. The van der Waals surface area contributed by atoms with Crippen LogP contribution in [0.3, 0.4) is 0 Å². The number of amides is 2. The van der Waals surface area contributed by atoms with Crippen molar-refractivity contribution in [3.05, 3.63) is 125 Å². The number of pyridine rings is 1. The summed E-state index contributed by atoms with van der Waals surface area (Å²) in [6, 6.07) is 29.5. The van der Waals surface area contributed by atoms with E-state index in [1.807, 2.05) is 66.7 Å². The second-order valence-corrected chi connectivity index (χ2v) is 13.4. The average molecular weight is 684 g/mol. The summed E-state index contributed by atoms with van der Waals surface area (Å²) in [7, 11) is 0. The van der Waals surface area contributed by atoms with Gasteiger partial charge >= 0.3 is 0 Å². The van der Waals surface area contributed by atoms with Gasteiger partial charge in [0.05, 0.1) is 18.8 Å². The highest BCUT2D eigenvalue weighted by Gasteiger charge is 2.38. The topological polar surface area (TPSA) is 124 Å². The summed E-state index contributed by atoms with van der Waals surface area (Å²) in [4.78, 5) is 23.4. The standard InChI is InChI=1S/C39H45N3O6S/c1-27-35(26-49-37-15-5-7-21-42(37)46)47-39(48-38(27)31-18-16-29(25-43)17-19-31)34-13-9-12-33(23-34)32-11-8-10-30(22-32)24-41-36(45)14-4-3-6-20-40-28(2)44/h5,7-13,15-19,21-23,27,35,38-39,43H,3-4,6,14,20,24-26H2,1-2H3,(H,40,44)(H,41,45). The normalized spacial score (nSPS) is 18.9. The number of aliphatic hydroxyl groups is 1. The minimum absolute atomic E-state index is 0.00801. The first kappa shape index (κ1) is 36.1. The summed E-state index contributed by atoms with van der Waals surface area (Å²) in [6.07, 6.45) is 3.37. The maximum Gasteiger partial charge on any atom is 0.251 e. The van der Waals surface area contributed by atoms with Crippen LogP contribution in [0.4, 0.5) is 0 Å². The first-order valence-corrected chi connectivity index (χ1v) is 17.8. The Labute approximate surface area is 292 Å². The highest BCUT2D eigenvalue weighted by Crippen LogP contribution is 2.43. The number of ether oxygens (including phenoxy) is 2. The lowest BCUT2D eigenvalue weighted by atomic mass is 9.91. The minimum Gasteiger partial charge on any atom is -0.618 e. The van der Waals surface area contributed by atoms with Gasteiger partial charge in [-0.05, 0) is 58.9 Å². The van der Waals surface area contributed by atoms with Crippen LogP contribution in [-0.2, 0) is 32.2 Å². The third-order valence-electron chi connectivity index (χ3n) is 8.67. The third-order valence-corrected chi connectivity index (χ3v) is 9.78. The summed E-state index contributed by atoms with van der Waals surface area (Å²) < 4.78 is 14.2. The van der Waals surface area contributed by atoms with E-state index in [0.717, 1.165) is 57.4 Å². The molecule has 4 aromatic rings. The van der Waals surface area contributed by atoms with Gasteiger partial charge in [0.1, 0.15) is 0 Å². The molecule has 1 aromatic heterocycles. The summed E-state index contributed by atoms with van der Waals surface area (Å²) in [5.41, 5.74) is 5.74. The molecule has 0 saturated carbocycles. The number of hydrogen-bond donors (Lipinski definition) is 3. The predicted molar refractivity (Wildman–Crippen MR) is 190 cm³/mol. The van der Waals surface area contributed by atoms with E-state index in [2.05, 4.69) is 35.8 Å². The molecule has 0 spiro atoms. The van der Waals surface area contributed by atoms with E-state index in [1.165, 1.54) is 24.9 Å². The van der Waals surface area contributed by atoms with Crippen molar-refractivity contribution in [3.63, 3.8) is 0 Å². The maximum absolute atomic E-state index is 12.4. The van der Waals surface area contributed by atoms with Crippen LogP contribution in [0.25, 0.3) is 11.1 Å². The second-order valence-electron chi connectivity index (χ2n) is 12.4. The van der Waals surface area contributed by atoms with Crippen molar-refractivity contribution in [1.82, 2.24) is 10.6 Å². The molecule has 4 unspecified atom stereocenters. The molecule has 1 fully saturated rings. The first-order chi connectivity index (χ1) is 23.8. The summed E-state index contributed by atoms with van der Waals surface area (Å²) in [5.74, 6) is 0.544. The fraction of sp³-hybridized carbons (Fsp3) is 0.359. The Morgan fingerprint density at radius 1 is 0.857 bits per heavy atom. The van der Waals surface area contributed by atoms with Crippen LogP contribution < -0.4 is 15.4 Å². The van der Waals surface area contributed by atoms with Gasteiger partial charge in [-0.2, -0.15) is 4.73 Å². The Morgan fingerprint density at radius 3 is 2.39 bits per heavy atom. The van der Waals surface area contributed by atoms with E-state index in [4.69, 9.17) is 9.47 Å². The van der Waals surface area contributed by atoms with Gasteiger partial charge in [-0.3, -0.25) is 9.59 Å². The Balaban J connectivity index is 1.27. The number of benzene rings is 3. The quantitative estimate of drug-likeness (QED) is 0.0576. The first-order valence-electron chi connectivity index (χ1n) is 16.8. The lowest BCUT2D eigenvalue weighted by molar-refractivity contribution is -0.645. The molecular formula is C39H45N3O6S. The zero-order valence-corrected chi connectivity index (χ0v) is 28.9. The van der Waals surface area contributed by atoms with Gasteiger partial charge in [0.25, 0.3) is 5.03 Å². The molecule has 2 amide bonds. The fourth-order valence-corrected chi connectivity index (χ4v) is 6.95. The predicted octanol–water partition coefficient (Wildman–Crippen LogP) is 6.38. The number of unbranched alkanes of at least 4 members (excludes halogenated alkanes) is 2. The van der Waals surface area contributed by atoms with Crippen LogP contribution in [-0.4, -0.2) is 35.3 Å².